The second-order valence-corrected chi connectivity index (χ2v) is 17.6. The molecule has 0 aromatic heterocycles. The van der Waals surface area contributed by atoms with E-state index in [1.807, 2.05) is 0 Å². The minimum absolute atomic E-state index is 0.0443. The van der Waals surface area contributed by atoms with Crippen LogP contribution in [-0.2, 0) is 10.8 Å². The molecule has 2 bridgehead atoms. The second kappa shape index (κ2) is 11.2. The van der Waals surface area contributed by atoms with Gasteiger partial charge in [-0.1, -0.05) is 137 Å². The highest BCUT2D eigenvalue weighted by molar-refractivity contribution is 6.09. The summed E-state index contributed by atoms with van der Waals surface area (Å²) in [5.41, 5.74) is 15.2. The number of benzene rings is 7. The van der Waals surface area contributed by atoms with Gasteiger partial charge in [0.15, 0.2) is 0 Å². The average molecular weight is 686 g/mol. The molecule has 0 saturated heterocycles. The van der Waals surface area contributed by atoms with Gasteiger partial charge in [0.2, 0.25) is 0 Å². The largest absolute Gasteiger partial charge is 0.310 e. The van der Waals surface area contributed by atoms with E-state index in [1.165, 1.54) is 97.7 Å². The Labute approximate surface area is 314 Å². The van der Waals surface area contributed by atoms with E-state index in [1.54, 1.807) is 11.1 Å². The molecule has 1 nitrogen and oxygen atoms in total. The van der Waals surface area contributed by atoms with Gasteiger partial charge in [-0.15, -0.1) is 0 Å². The molecule has 4 aliphatic carbocycles. The maximum atomic E-state index is 2.60. The van der Waals surface area contributed by atoms with E-state index in [9.17, 15) is 0 Å². The Hall–Kier alpha value is -5.14. The maximum Gasteiger partial charge on any atom is 0.0543 e. The van der Waals surface area contributed by atoms with Crippen LogP contribution in [0.1, 0.15) is 75.6 Å². The van der Waals surface area contributed by atoms with Crippen molar-refractivity contribution in [2.75, 3.05) is 4.90 Å². The Morgan fingerprint density at radius 1 is 0.509 bits per heavy atom. The Kier molecular flexibility index (Phi) is 6.63. The third-order valence-electron chi connectivity index (χ3n) is 14.3. The second-order valence-electron chi connectivity index (χ2n) is 17.6. The summed E-state index contributed by atoms with van der Waals surface area (Å²) in [5.74, 6) is 2.90. The summed E-state index contributed by atoms with van der Waals surface area (Å²) in [6.45, 7) is 9.89. The van der Waals surface area contributed by atoms with Gasteiger partial charge in [-0.25, -0.2) is 0 Å². The quantitative estimate of drug-likeness (QED) is 0.167. The van der Waals surface area contributed by atoms with Crippen LogP contribution in [0.15, 0.2) is 140 Å². The molecule has 1 spiro atoms. The predicted octanol–water partition coefficient (Wildman–Crippen LogP) is 14.1. The number of nitrogens with zero attached hydrogens (tertiary/aromatic N) is 1. The zero-order chi connectivity index (χ0) is 35.6. The highest BCUT2D eigenvalue weighted by atomic mass is 15.1. The van der Waals surface area contributed by atoms with Gasteiger partial charge in [0.25, 0.3) is 0 Å². The molecule has 0 heterocycles. The van der Waals surface area contributed by atoms with E-state index in [4.69, 9.17) is 0 Å². The molecule has 11 rings (SSSR count). The molecule has 7 aromatic carbocycles. The smallest absolute Gasteiger partial charge is 0.0543 e. The molecule has 5 unspecified atom stereocenters. The summed E-state index contributed by atoms with van der Waals surface area (Å²) in [6.07, 6.45) is 5.40. The van der Waals surface area contributed by atoms with Crippen molar-refractivity contribution in [3.63, 3.8) is 0 Å². The van der Waals surface area contributed by atoms with Crippen molar-refractivity contribution in [3.05, 3.63) is 162 Å². The number of fused-ring (bicyclic) bond motifs is 14. The van der Waals surface area contributed by atoms with Crippen molar-refractivity contribution in [1.29, 1.82) is 0 Å². The fourth-order valence-corrected chi connectivity index (χ4v) is 12.3. The first-order valence-corrected chi connectivity index (χ1v) is 20.0. The zero-order valence-corrected chi connectivity index (χ0v) is 31.4. The topological polar surface area (TPSA) is 3.24 Å². The molecule has 2 saturated carbocycles. The van der Waals surface area contributed by atoms with Crippen LogP contribution in [0.2, 0.25) is 0 Å². The van der Waals surface area contributed by atoms with Crippen molar-refractivity contribution in [3.8, 4) is 22.3 Å². The third kappa shape index (κ3) is 4.26. The molecule has 7 aromatic rings. The molecule has 260 valence electrons. The van der Waals surface area contributed by atoms with Crippen LogP contribution in [0.4, 0.5) is 17.1 Å². The molecule has 1 heteroatoms. The fourth-order valence-electron chi connectivity index (χ4n) is 12.3. The summed E-state index contributed by atoms with van der Waals surface area (Å²) < 4.78 is 0. The molecule has 2 fully saturated rings. The standard InChI is InChI=1S/C52H47N/c1-32-26-34-28-33(2)52(37(27-32)29-34)46-17-10-8-15-44(46)50-47(52)18-11-19-49(50)53(38-22-24-41-36(30-38)21-20-35-12-5-6-13-40(35)41)39-23-25-43-42-14-7-9-16-45(42)51(3,4)48(43)31-39/h5-25,30-34,37H,26-29H2,1-4H3. The highest BCUT2D eigenvalue weighted by Crippen LogP contribution is 2.66. The van der Waals surface area contributed by atoms with Crippen molar-refractivity contribution in [1.82, 2.24) is 0 Å². The zero-order valence-electron chi connectivity index (χ0n) is 31.4. The van der Waals surface area contributed by atoms with E-state index in [2.05, 4.69) is 172 Å². The lowest BCUT2D eigenvalue weighted by Crippen LogP contribution is -2.49. The lowest BCUT2D eigenvalue weighted by atomic mass is 9.49. The van der Waals surface area contributed by atoms with Gasteiger partial charge >= 0.3 is 0 Å². The van der Waals surface area contributed by atoms with E-state index < -0.39 is 0 Å². The number of rotatable bonds is 3. The maximum absolute atomic E-state index is 2.60. The lowest BCUT2D eigenvalue weighted by Gasteiger charge is -2.54. The van der Waals surface area contributed by atoms with Crippen LogP contribution < -0.4 is 4.90 Å². The van der Waals surface area contributed by atoms with Crippen LogP contribution in [0, 0.1) is 23.7 Å². The highest BCUT2D eigenvalue weighted by Gasteiger charge is 2.57. The number of hydrogen-bond acceptors (Lipinski definition) is 1. The SMILES string of the molecule is CC1CC2CC(C)C3(c4ccccc4-c4c(N(c5ccc6c(c5)C(C)(C)c5ccccc5-6)c5ccc6c(ccc7ccccc76)c5)cccc43)C(C1)C2. The molecule has 53 heavy (non-hydrogen) atoms. The van der Waals surface area contributed by atoms with E-state index in [0.29, 0.717) is 11.8 Å². The van der Waals surface area contributed by atoms with E-state index in [0.717, 1.165) is 11.8 Å². The third-order valence-corrected chi connectivity index (χ3v) is 14.3. The van der Waals surface area contributed by atoms with Gasteiger partial charge in [0.1, 0.15) is 0 Å². The molecule has 0 amide bonds. The summed E-state index contributed by atoms with van der Waals surface area (Å²) in [4.78, 5) is 2.60. The summed E-state index contributed by atoms with van der Waals surface area (Å²) in [5, 5.41) is 5.17. The van der Waals surface area contributed by atoms with Gasteiger partial charge in [0, 0.05) is 27.8 Å². The molecule has 0 N–H and O–H groups in total. The van der Waals surface area contributed by atoms with Crippen LogP contribution in [0.5, 0.6) is 0 Å². The first-order valence-electron chi connectivity index (χ1n) is 20.0. The minimum Gasteiger partial charge on any atom is -0.310 e. The van der Waals surface area contributed by atoms with E-state index in [-0.39, 0.29) is 10.8 Å². The Morgan fingerprint density at radius 2 is 1.19 bits per heavy atom. The average Bonchev–Trinajstić information content (AvgIpc) is 3.60. The summed E-state index contributed by atoms with van der Waals surface area (Å²) in [6, 6.07) is 53.6. The van der Waals surface area contributed by atoms with Crippen LogP contribution >= 0.6 is 0 Å². The minimum atomic E-state index is -0.0864. The molecule has 5 atom stereocenters. The predicted molar refractivity (Wildman–Crippen MR) is 224 cm³/mol. The van der Waals surface area contributed by atoms with Gasteiger partial charge < -0.3 is 4.90 Å². The van der Waals surface area contributed by atoms with Gasteiger partial charge in [0.05, 0.1) is 5.69 Å². The monoisotopic (exact) mass is 685 g/mol. The Morgan fingerprint density at radius 3 is 2.08 bits per heavy atom. The Bertz CT molecular complexity index is 2620. The normalized spacial score (nSPS) is 24.5. The first kappa shape index (κ1) is 31.4. The van der Waals surface area contributed by atoms with Crippen LogP contribution in [0.25, 0.3) is 43.8 Å². The van der Waals surface area contributed by atoms with Crippen molar-refractivity contribution in [2.24, 2.45) is 23.7 Å². The first-order chi connectivity index (χ1) is 25.8. The lowest BCUT2D eigenvalue weighted by molar-refractivity contribution is 0.0426. The molecule has 4 aliphatic rings. The molecular weight excluding hydrogens is 639 g/mol. The van der Waals surface area contributed by atoms with Crippen LogP contribution in [-0.4, -0.2) is 0 Å². The molecule has 0 radical (unpaired) electrons. The van der Waals surface area contributed by atoms with Crippen LogP contribution in [0.3, 0.4) is 0 Å². The van der Waals surface area contributed by atoms with Crippen molar-refractivity contribution < 1.29 is 0 Å². The van der Waals surface area contributed by atoms with E-state index >= 15 is 0 Å². The van der Waals surface area contributed by atoms with Crippen molar-refractivity contribution >= 4 is 38.6 Å². The van der Waals surface area contributed by atoms with Gasteiger partial charge in [-0.05, 0) is 140 Å². The summed E-state index contributed by atoms with van der Waals surface area (Å²) in [7, 11) is 0. The number of anilines is 3. The summed E-state index contributed by atoms with van der Waals surface area (Å²) >= 11 is 0. The van der Waals surface area contributed by atoms with Crippen molar-refractivity contribution in [2.45, 2.75) is 64.2 Å². The van der Waals surface area contributed by atoms with Gasteiger partial charge in [-0.2, -0.15) is 0 Å². The molecular formula is C52H47N. The number of hydrogen-bond donors (Lipinski definition) is 0. The Balaban J connectivity index is 1.18. The van der Waals surface area contributed by atoms with Gasteiger partial charge in [-0.3, -0.25) is 0 Å². The molecule has 0 aliphatic heterocycles. The fraction of sp³-hybridized carbons (Fsp3) is 0.269.